The van der Waals surface area contributed by atoms with Gasteiger partial charge in [-0.15, -0.1) is 0 Å². The summed E-state index contributed by atoms with van der Waals surface area (Å²) in [5.74, 6) is 0. The fourth-order valence-electron chi connectivity index (χ4n) is 7.12. The predicted octanol–water partition coefficient (Wildman–Crippen LogP) is 12.1. The van der Waals surface area contributed by atoms with E-state index in [-0.39, 0.29) is 17.2 Å². The highest BCUT2D eigenvalue weighted by Crippen LogP contribution is 2.45. The molecule has 8 rings (SSSR count). The van der Waals surface area contributed by atoms with Crippen molar-refractivity contribution >= 4 is 43.6 Å². The van der Waals surface area contributed by atoms with E-state index in [1.807, 2.05) is 108 Å². The normalized spacial score (nSPS) is 12.4. The molecule has 3 nitrogen and oxygen atoms in total. The minimum atomic E-state index is -5.14. The molecule has 2 aromatic heterocycles. The summed E-state index contributed by atoms with van der Waals surface area (Å²) in [7, 11) is 0. The Morgan fingerprint density at radius 2 is 1.00 bits per heavy atom. The molecule has 0 aliphatic carbocycles. The number of fused-ring (bicyclic) bond motifs is 6. The molecule has 0 fully saturated rings. The molecule has 8 aromatic rings. The van der Waals surface area contributed by atoms with Gasteiger partial charge in [0.15, 0.2) is 0 Å². The maximum atomic E-state index is 14.6. The fourth-order valence-corrected chi connectivity index (χ4v) is 7.12. The van der Waals surface area contributed by atoms with Crippen molar-refractivity contribution < 1.29 is 26.3 Å². The predicted molar refractivity (Wildman–Crippen MR) is 185 cm³/mol. The van der Waals surface area contributed by atoms with Crippen LogP contribution in [0, 0.1) is 25.2 Å². The van der Waals surface area contributed by atoms with E-state index in [0.29, 0.717) is 17.4 Å². The summed E-state index contributed by atoms with van der Waals surface area (Å²) in [6, 6.07) is 34.1. The lowest BCUT2D eigenvalue weighted by Crippen LogP contribution is -2.13. The van der Waals surface area contributed by atoms with Gasteiger partial charge in [-0.05, 0) is 79.1 Å². The summed E-state index contributed by atoms with van der Waals surface area (Å²) in [5.41, 5.74) is 2.40. The van der Waals surface area contributed by atoms with E-state index >= 15 is 0 Å². The molecule has 0 aliphatic heterocycles. The highest BCUT2D eigenvalue weighted by Gasteiger charge is 2.39. The number of aromatic nitrogens is 2. The topological polar surface area (TPSA) is 33.6 Å². The van der Waals surface area contributed by atoms with E-state index in [0.717, 1.165) is 60.8 Å². The van der Waals surface area contributed by atoms with Crippen molar-refractivity contribution in [3.05, 3.63) is 143 Å². The lowest BCUT2D eigenvalue weighted by Gasteiger charge is -2.21. The quantitative estimate of drug-likeness (QED) is 0.172. The maximum absolute atomic E-state index is 14.6. The van der Waals surface area contributed by atoms with Crippen LogP contribution in [0.4, 0.5) is 26.3 Å². The minimum absolute atomic E-state index is 0.115. The van der Waals surface area contributed by atoms with Gasteiger partial charge < -0.3 is 9.13 Å². The molecule has 0 radical (unpaired) electrons. The van der Waals surface area contributed by atoms with Crippen LogP contribution in [0.25, 0.3) is 66.1 Å². The Morgan fingerprint density at radius 3 is 1.50 bits per heavy atom. The molecular weight excluding hydrogens is 648 g/mol. The molecule has 2 heterocycles. The summed E-state index contributed by atoms with van der Waals surface area (Å²) in [6.07, 6.45) is -10.1. The number of benzene rings is 6. The lowest BCUT2D eigenvalue weighted by atomic mass is 9.92. The molecule has 9 heteroatoms. The van der Waals surface area contributed by atoms with Gasteiger partial charge >= 0.3 is 12.4 Å². The number of hydrogen-bond acceptors (Lipinski definition) is 1. The maximum Gasteiger partial charge on any atom is 0.417 e. The van der Waals surface area contributed by atoms with Crippen LogP contribution in [0.3, 0.4) is 0 Å². The van der Waals surface area contributed by atoms with Crippen LogP contribution in [0.2, 0.25) is 0 Å². The second-order valence-electron chi connectivity index (χ2n) is 12.5. The molecule has 0 bridgehead atoms. The molecule has 6 aromatic carbocycles. The van der Waals surface area contributed by atoms with Gasteiger partial charge in [0.2, 0.25) is 0 Å². The standard InChI is InChI=1S/C41H25F6N3/c1-23-11-14-30-28-7-3-5-9-34(28)49(36(30)17-23)38-19-25(22-48)32(27-16-13-26(40(42,43)44)20-33(27)41(45,46)47)21-39(38)50-35-10-6-4-8-29(35)31-15-12-24(2)18-37(31)50/h3-21H,1-2H3. The summed E-state index contributed by atoms with van der Waals surface area (Å²) in [6.45, 7) is 3.91. The molecule has 0 unspecified atom stereocenters. The number of para-hydroxylation sites is 2. The summed E-state index contributed by atoms with van der Waals surface area (Å²) in [4.78, 5) is 0. The first-order chi connectivity index (χ1) is 23.8. The Morgan fingerprint density at radius 1 is 0.500 bits per heavy atom. The van der Waals surface area contributed by atoms with E-state index in [2.05, 4.69) is 6.07 Å². The summed E-state index contributed by atoms with van der Waals surface area (Å²) in [5, 5.41) is 14.2. The molecule has 0 spiro atoms. The first-order valence-electron chi connectivity index (χ1n) is 15.7. The van der Waals surface area contributed by atoms with Crippen molar-refractivity contribution in [2.24, 2.45) is 0 Å². The van der Waals surface area contributed by atoms with Gasteiger partial charge in [0, 0.05) is 27.1 Å². The van der Waals surface area contributed by atoms with E-state index in [1.165, 1.54) is 6.07 Å². The van der Waals surface area contributed by atoms with Crippen molar-refractivity contribution in [3.8, 4) is 28.6 Å². The third-order valence-electron chi connectivity index (χ3n) is 9.32. The molecule has 0 N–H and O–H groups in total. The first kappa shape index (κ1) is 31.3. The van der Waals surface area contributed by atoms with Gasteiger partial charge in [-0.25, -0.2) is 0 Å². The van der Waals surface area contributed by atoms with Crippen molar-refractivity contribution in [1.29, 1.82) is 5.26 Å². The Bertz CT molecular complexity index is 2720. The second-order valence-corrected chi connectivity index (χ2v) is 12.5. The molecule has 0 aliphatic rings. The van der Waals surface area contributed by atoms with Gasteiger partial charge in [-0.1, -0.05) is 66.7 Å². The third kappa shape index (κ3) is 4.82. The largest absolute Gasteiger partial charge is 0.417 e. The van der Waals surface area contributed by atoms with E-state index in [9.17, 15) is 31.6 Å². The zero-order valence-corrected chi connectivity index (χ0v) is 26.6. The molecule has 0 saturated heterocycles. The Labute approximate surface area is 281 Å². The Hall–Kier alpha value is -6.01. The molecule has 0 amide bonds. The lowest BCUT2D eigenvalue weighted by molar-refractivity contribution is -0.142. The Balaban J connectivity index is 1.58. The number of halogens is 6. The van der Waals surface area contributed by atoms with E-state index in [4.69, 9.17) is 0 Å². The zero-order valence-electron chi connectivity index (χ0n) is 26.6. The van der Waals surface area contributed by atoms with Crippen molar-refractivity contribution in [2.75, 3.05) is 0 Å². The van der Waals surface area contributed by atoms with Crippen LogP contribution in [-0.2, 0) is 12.4 Å². The number of aryl methyl sites for hydroxylation is 2. The van der Waals surface area contributed by atoms with Gasteiger partial charge in [0.25, 0.3) is 0 Å². The summed E-state index contributed by atoms with van der Waals surface area (Å²) < 4.78 is 88.8. The van der Waals surface area contributed by atoms with Crippen LogP contribution in [0.1, 0.15) is 27.8 Å². The van der Waals surface area contributed by atoms with Crippen LogP contribution in [0.15, 0.2) is 115 Å². The average Bonchev–Trinajstić information content (AvgIpc) is 3.58. The summed E-state index contributed by atoms with van der Waals surface area (Å²) >= 11 is 0. The van der Waals surface area contributed by atoms with Crippen molar-refractivity contribution in [1.82, 2.24) is 9.13 Å². The first-order valence-corrected chi connectivity index (χ1v) is 15.7. The van der Waals surface area contributed by atoms with Gasteiger partial charge in [0.05, 0.1) is 56.2 Å². The van der Waals surface area contributed by atoms with Crippen molar-refractivity contribution in [2.45, 2.75) is 26.2 Å². The smallest absolute Gasteiger partial charge is 0.307 e. The number of hydrogen-bond donors (Lipinski definition) is 0. The van der Waals surface area contributed by atoms with Gasteiger partial charge in [0.1, 0.15) is 0 Å². The van der Waals surface area contributed by atoms with E-state index in [1.54, 1.807) is 6.07 Å². The van der Waals surface area contributed by atoms with Crippen LogP contribution in [0.5, 0.6) is 0 Å². The van der Waals surface area contributed by atoms with Crippen LogP contribution in [-0.4, -0.2) is 9.13 Å². The van der Waals surface area contributed by atoms with Gasteiger partial charge in [-0.2, -0.15) is 31.6 Å². The minimum Gasteiger partial charge on any atom is -0.307 e. The number of nitrogens with zero attached hydrogens (tertiary/aromatic N) is 3. The highest BCUT2D eigenvalue weighted by atomic mass is 19.4. The fraction of sp³-hybridized carbons (Fsp3) is 0.0976. The molecule has 246 valence electrons. The Kier molecular flexibility index (Phi) is 6.88. The zero-order chi connectivity index (χ0) is 35.1. The van der Waals surface area contributed by atoms with Crippen LogP contribution >= 0.6 is 0 Å². The SMILES string of the molecule is Cc1ccc2c3ccccc3n(-c3cc(C#N)c(-c4ccc(C(F)(F)F)cc4C(F)(F)F)cc3-n3c4ccccc4c4ccc(C)cc43)c2c1. The van der Waals surface area contributed by atoms with Crippen LogP contribution < -0.4 is 0 Å². The molecular formula is C41H25F6N3. The number of alkyl halides is 6. The average molecular weight is 674 g/mol. The number of rotatable bonds is 3. The highest BCUT2D eigenvalue weighted by molar-refractivity contribution is 6.12. The van der Waals surface area contributed by atoms with Gasteiger partial charge in [-0.3, -0.25) is 0 Å². The molecule has 0 atom stereocenters. The van der Waals surface area contributed by atoms with Crippen molar-refractivity contribution in [3.63, 3.8) is 0 Å². The molecule has 50 heavy (non-hydrogen) atoms. The molecule has 0 saturated carbocycles. The third-order valence-corrected chi connectivity index (χ3v) is 9.32. The number of nitriles is 1. The second kappa shape index (κ2) is 11.0. The van der Waals surface area contributed by atoms with E-state index < -0.39 is 29.0 Å². The monoisotopic (exact) mass is 673 g/mol.